The van der Waals surface area contributed by atoms with Crippen molar-refractivity contribution < 1.29 is 4.79 Å². The van der Waals surface area contributed by atoms with Crippen molar-refractivity contribution in [1.29, 1.82) is 0 Å². The maximum atomic E-state index is 11.8. The molecule has 0 radical (unpaired) electrons. The number of nitrogens with zero attached hydrogens (tertiary/aromatic N) is 3. The van der Waals surface area contributed by atoms with E-state index in [0.29, 0.717) is 0 Å². The standard InChI is InChI=1S/C11H25N3O/c1-6-14(7-2)11(15)13(5)10-8-9-12(3)4/h6-10H2,1-5H3. The first-order valence-electron chi connectivity index (χ1n) is 5.67. The molecule has 0 bridgehead atoms. The summed E-state index contributed by atoms with van der Waals surface area (Å²) in [4.78, 5) is 17.6. The number of carbonyl (C=O) groups is 1. The van der Waals surface area contributed by atoms with Crippen molar-refractivity contribution in [3.05, 3.63) is 0 Å². The van der Waals surface area contributed by atoms with E-state index in [1.807, 2.05) is 39.9 Å². The van der Waals surface area contributed by atoms with Gasteiger partial charge in [-0.3, -0.25) is 0 Å². The van der Waals surface area contributed by atoms with E-state index in [2.05, 4.69) is 4.90 Å². The second-order valence-electron chi connectivity index (χ2n) is 4.03. The number of amides is 2. The fourth-order valence-corrected chi connectivity index (χ4v) is 1.46. The van der Waals surface area contributed by atoms with Crippen LogP contribution in [0.2, 0.25) is 0 Å². The van der Waals surface area contributed by atoms with Gasteiger partial charge < -0.3 is 14.7 Å². The van der Waals surface area contributed by atoms with E-state index < -0.39 is 0 Å². The predicted molar refractivity (Wildman–Crippen MR) is 64.1 cm³/mol. The fourth-order valence-electron chi connectivity index (χ4n) is 1.46. The normalized spacial score (nSPS) is 10.5. The molecule has 0 spiro atoms. The summed E-state index contributed by atoms with van der Waals surface area (Å²) in [5.41, 5.74) is 0. The first-order chi connectivity index (χ1) is 7.02. The van der Waals surface area contributed by atoms with Gasteiger partial charge in [-0.25, -0.2) is 4.79 Å². The summed E-state index contributed by atoms with van der Waals surface area (Å²) in [6.45, 7) is 7.44. The van der Waals surface area contributed by atoms with Gasteiger partial charge in [0.25, 0.3) is 0 Å². The molecule has 2 amide bonds. The summed E-state index contributed by atoms with van der Waals surface area (Å²) in [7, 11) is 5.97. The molecule has 0 saturated carbocycles. The van der Waals surface area contributed by atoms with Crippen molar-refractivity contribution in [2.45, 2.75) is 20.3 Å². The van der Waals surface area contributed by atoms with Gasteiger partial charge in [-0.2, -0.15) is 0 Å². The van der Waals surface area contributed by atoms with Crippen molar-refractivity contribution in [3.8, 4) is 0 Å². The second kappa shape index (κ2) is 7.51. The Bertz CT molecular complexity index is 179. The van der Waals surface area contributed by atoms with Gasteiger partial charge in [0.05, 0.1) is 0 Å². The minimum absolute atomic E-state index is 0.138. The average molecular weight is 215 g/mol. The SMILES string of the molecule is CCN(CC)C(=O)N(C)CCCN(C)C. The van der Waals surface area contributed by atoms with E-state index >= 15 is 0 Å². The molecule has 4 heteroatoms. The Morgan fingerprint density at radius 3 is 1.93 bits per heavy atom. The van der Waals surface area contributed by atoms with Crippen LogP contribution in [-0.2, 0) is 0 Å². The van der Waals surface area contributed by atoms with Crippen LogP contribution in [-0.4, -0.2) is 68.1 Å². The van der Waals surface area contributed by atoms with Crippen LogP contribution in [0.15, 0.2) is 0 Å². The third-order valence-corrected chi connectivity index (χ3v) is 2.46. The van der Waals surface area contributed by atoms with E-state index in [1.165, 1.54) is 0 Å². The number of hydrogen-bond acceptors (Lipinski definition) is 2. The number of hydrogen-bond donors (Lipinski definition) is 0. The highest BCUT2D eigenvalue weighted by Gasteiger charge is 2.13. The summed E-state index contributed by atoms with van der Waals surface area (Å²) in [6, 6.07) is 0.138. The minimum Gasteiger partial charge on any atom is -0.328 e. The molecule has 0 aliphatic rings. The minimum atomic E-state index is 0.138. The van der Waals surface area contributed by atoms with Gasteiger partial charge in [-0.15, -0.1) is 0 Å². The first kappa shape index (κ1) is 14.2. The van der Waals surface area contributed by atoms with Gasteiger partial charge in [0.2, 0.25) is 0 Å². The van der Waals surface area contributed by atoms with E-state index in [1.54, 1.807) is 4.90 Å². The van der Waals surface area contributed by atoms with Gasteiger partial charge in [-0.05, 0) is 40.9 Å². The van der Waals surface area contributed by atoms with Crippen LogP contribution in [0.25, 0.3) is 0 Å². The molecule has 0 atom stereocenters. The monoisotopic (exact) mass is 215 g/mol. The van der Waals surface area contributed by atoms with Crippen molar-refractivity contribution in [3.63, 3.8) is 0 Å². The zero-order chi connectivity index (χ0) is 11.8. The number of rotatable bonds is 6. The molecule has 0 aromatic heterocycles. The Labute approximate surface area is 93.8 Å². The summed E-state index contributed by atoms with van der Waals surface area (Å²) in [5, 5.41) is 0. The first-order valence-corrected chi connectivity index (χ1v) is 5.67. The molecule has 0 saturated heterocycles. The lowest BCUT2D eigenvalue weighted by atomic mass is 10.4. The van der Waals surface area contributed by atoms with Gasteiger partial charge in [-0.1, -0.05) is 0 Å². The third-order valence-electron chi connectivity index (χ3n) is 2.46. The summed E-state index contributed by atoms with van der Waals surface area (Å²) < 4.78 is 0. The Morgan fingerprint density at radius 1 is 1.00 bits per heavy atom. The second-order valence-corrected chi connectivity index (χ2v) is 4.03. The molecule has 0 fully saturated rings. The van der Waals surface area contributed by atoms with Crippen LogP contribution in [0, 0.1) is 0 Å². The quantitative estimate of drug-likeness (QED) is 0.668. The largest absolute Gasteiger partial charge is 0.328 e. The van der Waals surface area contributed by atoms with Gasteiger partial charge in [0.1, 0.15) is 0 Å². The molecule has 0 unspecified atom stereocenters. The van der Waals surface area contributed by atoms with E-state index in [0.717, 1.165) is 32.6 Å². The van der Waals surface area contributed by atoms with Crippen LogP contribution in [0.4, 0.5) is 4.79 Å². The van der Waals surface area contributed by atoms with Crippen molar-refractivity contribution in [1.82, 2.24) is 14.7 Å². The zero-order valence-electron chi connectivity index (χ0n) is 10.8. The molecule has 0 aliphatic carbocycles. The Morgan fingerprint density at radius 2 is 1.53 bits per heavy atom. The molecule has 0 N–H and O–H groups in total. The van der Waals surface area contributed by atoms with Crippen LogP contribution < -0.4 is 0 Å². The van der Waals surface area contributed by atoms with Gasteiger partial charge >= 0.3 is 6.03 Å². The summed E-state index contributed by atoms with van der Waals surface area (Å²) in [5.74, 6) is 0. The number of urea groups is 1. The highest BCUT2D eigenvalue weighted by Crippen LogP contribution is 1.98. The maximum Gasteiger partial charge on any atom is 0.319 e. The van der Waals surface area contributed by atoms with Crippen molar-refractivity contribution in [2.75, 3.05) is 47.3 Å². The van der Waals surface area contributed by atoms with E-state index in [-0.39, 0.29) is 6.03 Å². The fraction of sp³-hybridized carbons (Fsp3) is 0.909. The van der Waals surface area contributed by atoms with E-state index in [9.17, 15) is 4.79 Å². The van der Waals surface area contributed by atoms with Crippen LogP contribution in [0.1, 0.15) is 20.3 Å². The van der Waals surface area contributed by atoms with Crippen LogP contribution in [0.3, 0.4) is 0 Å². The molecule has 0 aromatic rings. The average Bonchev–Trinajstić information content (AvgIpc) is 2.18. The Hall–Kier alpha value is -0.770. The van der Waals surface area contributed by atoms with Gasteiger partial charge in [0.15, 0.2) is 0 Å². The van der Waals surface area contributed by atoms with Crippen LogP contribution in [0.5, 0.6) is 0 Å². The zero-order valence-corrected chi connectivity index (χ0v) is 10.8. The summed E-state index contributed by atoms with van der Waals surface area (Å²) >= 11 is 0. The number of carbonyl (C=O) groups excluding carboxylic acids is 1. The topological polar surface area (TPSA) is 26.8 Å². The molecule has 0 aromatic carbocycles. The lowest BCUT2D eigenvalue weighted by molar-refractivity contribution is 0.166. The van der Waals surface area contributed by atoms with E-state index in [4.69, 9.17) is 0 Å². The summed E-state index contributed by atoms with van der Waals surface area (Å²) in [6.07, 6.45) is 1.02. The molecule has 0 rings (SSSR count). The van der Waals surface area contributed by atoms with Gasteiger partial charge in [0, 0.05) is 26.7 Å². The molecule has 4 nitrogen and oxygen atoms in total. The lowest BCUT2D eigenvalue weighted by Gasteiger charge is -2.26. The predicted octanol–water partition coefficient (Wildman–Crippen LogP) is 1.33. The Kier molecular flexibility index (Phi) is 7.13. The van der Waals surface area contributed by atoms with Crippen LogP contribution >= 0.6 is 0 Å². The molecule has 0 aliphatic heterocycles. The molecular weight excluding hydrogens is 190 g/mol. The van der Waals surface area contributed by atoms with Crippen molar-refractivity contribution >= 4 is 6.03 Å². The molecule has 15 heavy (non-hydrogen) atoms. The maximum absolute atomic E-state index is 11.8. The highest BCUT2D eigenvalue weighted by atomic mass is 16.2. The Balaban J connectivity index is 3.87. The smallest absolute Gasteiger partial charge is 0.319 e. The van der Waals surface area contributed by atoms with Crippen molar-refractivity contribution in [2.24, 2.45) is 0 Å². The molecular formula is C11H25N3O. The highest BCUT2D eigenvalue weighted by molar-refractivity contribution is 5.74. The lowest BCUT2D eigenvalue weighted by Crippen LogP contribution is -2.41. The molecule has 0 heterocycles. The molecule has 90 valence electrons. The third kappa shape index (κ3) is 5.62.